The van der Waals surface area contributed by atoms with Crippen molar-refractivity contribution in [3.63, 3.8) is 0 Å². The summed E-state index contributed by atoms with van der Waals surface area (Å²) in [7, 11) is 2.14. The molecule has 0 bridgehead atoms. The van der Waals surface area contributed by atoms with Crippen LogP contribution in [0.15, 0.2) is 24.3 Å². The molecule has 2 aliphatic heterocycles. The fourth-order valence-corrected chi connectivity index (χ4v) is 9.34. The summed E-state index contributed by atoms with van der Waals surface area (Å²) >= 11 is 0. The zero-order valence-corrected chi connectivity index (χ0v) is 39.7. The van der Waals surface area contributed by atoms with E-state index in [-0.39, 0.29) is 55.4 Å². The number of carboxylic acids is 1. The Morgan fingerprint density at radius 2 is 1.36 bits per heavy atom. The maximum atomic E-state index is 14.4. The maximum absolute atomic E-state index is 14.4. The van der Waals surface area contributed by atoms with Crippen LogP contribution in [0.25, 0.3) is 0 Å². The van der Waals surface area contributed by atoms with E-state index >= 15 is 0 Å². The van der Waals surface area contributed by atoms with Gasteiger partial charge >= 0.3 is 5.97 Å². The third-order valence-corrected chi connectivity index (χ3v) is 13.0. The van der Waals surface area contributed by atoms with Crippen molar-refractivity contribution < 1.29 is 67.7 Å². The fourth-order valence-electron chi connectivity index (χ4n) is 7.19. The number of carbonyl (C=O) groups is 12. The van der Waals surface area contributed by atoms with E-state index in [2.05, 4.69) is 37.2 Å². The molecule has 2 saturated heterocycles. The van der Waals surface area contributed by atoms with Crippen molar-refractivity contribution in [2.75, 3.05) is 24.6 Å². The Morgan fingerprint density at radius 1 is 0.768 bits per heavy atom. The lowest BCUT2D eigenvalue weighted by Crippen LogP contribution is -2.61. The predicted molar refractivity (Wildman–Crippen MR) is 248 cm³/mol. The number of phenolic OH excluding ortho intramolecular Hbond substituents is 1. The van der Waals surface area contributed by atoms with Crippen molar-refractivity contribution in [3.8, 4) is 5.75 Å². The van der Waals surface area contributed by atoms with E-state index in [0.717, 1.165) is 21.6 Å². The van der Waals surface area contributed by atoms with Crippen molar-refractivity contribution >= 4 is 92.5 Å². The number of hydrogen-bond donors (Lipinski definition) is 12. The van der Waals surface area contributed by atoms with Crippen LogP contribution in [0.2, 0.25) is 0 Å². The van der Waals surface area contributed by atoms with Crippen LogP contribution in [0.4, 0.5) is 0 Å². The zero-order valence-electron chi connectivity index (χ0n) is 38.1. The molecule has 0 aliphatic carbocycles. The van der Waals surface area contributed by atoms with Crippen molar-refractivity contribution in [2.45, 2.75) is 120 Å². The number of nitrogens with zero attached hydrogens (tertiary/aromatic N) is 1. The lowest BCUT2D eigenvalue weighted by atomic mass is 10.0. The van der Waals surface area contributed by atoms with E-state index in [4.69, 9.17) is 17.2 Å². The Kier molecular flexibility index (Phi) is 23.0. The molecule has 27 heteroatoms. The van der Waals surface area contributed by atoms with Crippen molar-refractivity contribution in [2.24, 2.45) is 23.1 Å². The van der Waals surface area contributed by atoms with Gasteiger partial charge in [-0.2, -0.15) is 0 Å². The summed E-state index contributed by atoms with van der Waals surface area (Å²) < 4.78 is 0. The molecule has 0 aromatic heterocycles. The van der Waals surface area contributed by atoms with Gasteiger partial charge < -0.3 is 69.5 Å². The maximum Gasteiger partial charge on any atom is 0.303 e. The molecule has 15 N–H and O–H groups in total. The van der Waals surface area contributed by atoms with E-state index in [1.807, 2.05) is 0 Å². The molecule has 3 rings (SSSR count). The fraction of sp³-hybridized carbons (Fsp3) is 0.571. The van der Waals surface area contributed by atoms with Crippen molar-refractivity contribution in [3.05, 3.63) is 29.8 Å². The van der Waals surface area contributed by atoms with Gasteiger partial charge in [-0.15, -0.1) is 0 Å². The molecule has 11 amide bonds. The quantitative estimate of drug-likeness (QED) is 0.0629. The number of carbonyl (C=O) groups excluding carboxylic acids is 11. The first-order valence-corrected chi connectivity index (χ1v) is 24.5. The van der Waals surface area contributed by atoms with Crippen molar-refractivity contribution in [1.82, 2.24) is 42.1 Å². The number of rotatable bonds is 18. The highest BCUT2D eigenvalue weighted by molar-refractivity contribution is 8.76. The van der Waals surface area contributed by atoms with E-state index in [9.17, 15) is 67.7 Å². The van der Waals surface area contributed by atoms with Gasteiger partial charge in [-0.1, -0.05) is 47.6 Å². The van der Waals surface area contributed by atoms with Gasteiger partial charge in [-0.25, -0.2) is 0 Å². The summed E-state index contributed by atoms with van der Waals surface area (Å²) in [5.41, 5.74) is 16.5. The molecular formula is C42H61N11O14S2. The summed E-state index contributed by atoms with van der Waals surface area (Å²) in [4.78, 5) is 159. The highest BCUT2D eigenvalue weighted by Gasteiger charge is 2.40. The molecule has 2 aliphatic rings. The summed E-state index contributed by atoms with van der Waals surface area (Å²) in [5, 5.41) is 36.5. The molecule has 0 saturated carbocycles. The number of aliphatic carboxylic acids is 1. The first kappa shape index (κ1) is 56.7. The normalized spacial score (nSPS) is 22.7. The Morgan fingerprint density at radius 3 is 1.94 bits per heavy atom. The average Bonchev–Trinajstić information content (AvgIpc) is 3.77. The summed E-state index contributed by atoms with van der Waals surface area (Å²) in [6, 6.07) is -4.53. The molecule has 1 aromatic carbocycles. The Hall–Kier alpha value is -6.64. The van der Waals surface area contributed by atoms with Gasteiger partial charge in [0.25, 0.3) is 0 Å². The molecule has 69 heavy (non-hydrogen) atoms. The number of primary amides is 3. The Balaban J connectivity index is 2.02. The third kappa shape index (κ3) is 19.9. The SMILES string of the molecule is CC(C)C[C@H](NC(=O)[C@@H]1CCCN1C(=O)[C@@H]1CSSCCC(=O)N[C@@H](Cc2ccc(O)cc2)C(=O)N[C@@H](CCC(=O)O)C(=O)N[C@@H](CCC(N)=O)C(=O)N[C@@H](CC(N)=O)C(=O)N1)C(=O)NCC(N)=O. The number of benzene rings is 1. The van der Waals surface area contributed by atoms with Crippen LogP contribution in [0.3, 0.4) is 0 Å². The van der Waals surface area contributed by atoms with Gasteiger partial charge in [0.1, 0.15) is 48.0 Å². The molecule has 2 heterocycles. The second kappa shape index (κ2) is 28.0. The largest absolute Gasteiger partial charge is 0.508 e. The van der Waals surface area contributed by atoms with E-state index in [1.54, 1.807) is 13.8 Å². The van der Waals surface area contributed by atoms with E-state index < -0.39 is 152 Å². The minimum atomic E-state index is -1.80. The van der Waals surface area contributed by atoms with Gasteiger partial charge in [-0.3, -0.25) is 57.5 Å². The topological polar surface area (TPSA) is 411 Å². The van der Waals surface area contributed by atoms with Crippen LogP contribution in [0, 0.1) is 5.92 Å². The lowest BCUT2D eigenvalue weighted by molar-refractivity contribution is -0.142. The van der Waals surface area contributed by atoms with Gasteiger partial charge in [0.2, 0.25) is 65.0 Å². The van der Waals surface area contributed by atoms with E-state index in [1.165, 1.54) is 29.2 Å². The second-order valence-electron chi connectivity index (χ2n) is 16.8. The minimum Gasteiger partial charge on any atom is -0.508 e. The average molecular weight is 1010 g/mol. The van der Waals surface area contributed by atoms with Crippen LogP contribution in [0.5, 0.6) is 5.75 Å². The number of aromatic hydroxyl groups is 1. The molecule has 1 aromatic rings. The number of likely N-dealkylation sites (tertiary alicyclic amines) is 1. The molecule has 0 radical (unpaired) electrons. The first-order valence-electron chi connectivity index (χ1n) is 22.0. The second-order valence-corrected chi connectivity index (χ2v) is 19.4. The zero-order chi connectivity index (χ0) is 51.4. The van der Waals surface area contributed by atoms with Crippen LogP contribution >= 0.6 is 21.6 Å². The minimum absolute atomic E-state index is 0.0407. The molecule has 2 fully saturated rings. The summed E-state index contributed by atoms with van der Waals surface area (Å²) in [6.07, 6.45) is -2.69. The Labute approximate surface area is 404 Å². The predicted octanol–water partition coefficient (Wildman–Crippen LogP) is -3.73. The molecule has 25 nitrogen and oxygen atoms in total. The molecule has 0 spiro atoms. The van der Waals surface area contributed by atoms with Crippen LogP contribution in [-0.2, 0) is 64.0 Å². The smallest absolute Gasteiger partial charge is 0.303 e. The van der Waals surface area contributed by atoms with Gasteiger partial charge in [0, 0.05) is 43.7 Å². The number of hydrogen-bond acceptors (Lipinski definition) is 15. The number of amides is 11. The van der Waals surface area contributed by atoms with Gasteiger partial charge in [-0.05, 0) is 55.7 Å². The molecular weight excluding hydrogens is 947 g/mol. The van der Waals surface area contributed by atoms with Crippen LogP contribution < -0.4 is 54.4 Å². The van der Waals surface area contributed by atoms with Gasteiger partial charge in [0.15, 0.2) is 0 Å². The molecule has 7 atom stereocenters. The standard InChI is InChI=1S/C42H61N11O14S2/c1-21(2)16-26(36(61)46-19-33(45)57)51-41(66)30-4-3-14-53(30)42(67)29-20-69-68-15-13-34(58)47-27(17-22-5-7-23(54)8-6-22)39(64)49-25(10-12-35(59)60)37(62)48-24(9-11-31(43)55)38(63)50-28(18-32(44)56)40(65)52-29/h5-8,21,24-30,54H,3-4,9-20H2,1-2H3,(H2,43,55)(H2,44,56)(H2,45,57)(H,46,61)(H,47,58)(H,48,62)(H,49,64)(H,50,63)(H,51,66)(H,52,65)(H,59,60)/t24-,25-,26-,27-,28-,29-,30-/m0/s1. The number of nitrogens with one attached hydrogen (secondary N) is 7. The monoisotopic (exact) mass is 1010 g/mol. The van der Waals surface area contributed by atoms with Gasteiger partial charge in [0.05, 0.1) is 13.0 Å². The molecule has 0 unspecified atom stereocenters. The number of nitrogens with two attached hydrogens (primary N) is 3. The van der Waals surface area contributed by atoms with Crippen LogP contribution in [-0.4, -0.2) is 153 Å². The number of phenols is 1. The lowest BCUT2D eigenvalue weighted by Gasteiger charge is -2.31. The highest BCUT2D eigenvalue weighted by atomic mass is 33.1. The summed E-state index contributed by atoms with van der Waals surface area (Å²) in [6.45, 7) is 3.17. The third-order valence-electron chi connectivity index (χ3n) is 10.6. The highest BCUT2D eigenvalue weighted by Crippen LogP contribution is 2.26. The summed E-state index contributed by atoms with van der Waals surface area (Å²) in [5.74, 6) is -11.5. The van der Waals surface area contributed by atoms with Crippen molar-refractivity contribution in [1.29, 1.82) is 0 Å². The van der Waals surface area contributed by atoms with E-state index in [0.29, 0.717) is 12.0 Å². The Bertz CT molecular complexity index is 2080. The molecule has 380 valence electrons. The first-order chi connectivity index (χ1) is 32.5. The number of carboxylic acid groups (broad SMARTS) is 1. The van der Waals surface area contributed by atoms with Crippen LogP contribution in [0.1, 0.15) is 77.2 Å².